The summed E-state index contributed by atoms with van der Waals surface area (Å²) in [4.78, 5) is 27.2. The molecule has 10 heteroatoms. The normalized spacial score (nSPS) is 14.5. The predicted molar refractivity (Wildman–Crippen MR) is 188 cm³/mol. The highest BCUT2D eigenvalue weighted by atomic mass is 16.2. The number of nitrogens with one attached hydrogen (secondary N) is 2. The van der Waals surface area contributed by atoms with Gasteiger partial charge in [-0.2, -0.15) is 0 Å². The van der Waals surface area contributed by atoms with Crippen LogP contribution in [0.5, 0.6) is 0 Å². The lowest BCUT2D eigenvalue weighted by molar-refractivity contribution is -0.117. The molecule has 0 fully saturated rings. The van der Waals surface area contributed by atoms with E-state index in [-0.39, 0.29) is 11.8 Å². The SMILES string of the molecule is Cc1ccc(-c2ccc(-c3ccc(C4=C5C(=O)NC(c6ccc(-c7ccc(-c8ccc(C)n8C)n7C)n6C)=C5C(=O)N4)n3C)n2C)n1C. The molecular formula is C38H38N8O2. The monoisotopic (exact) mass is 638 g/mol. The maximum absolute atomic E-state index is 13.6. The first-order chi connectivity index (χ1) is 23.0. The molecule has 0 saturated carbocycles. The van der Waals surface area contributed by atoms with Crippen LogP contribution in [0.1, 0.15) is 22.8 Å². The minimum absolute atomic E-state index is 0.292. The van der Waals surface area contributed by atoms with E-state index >= 15 is 0 Å². The summed E-state index contributed by atoms with van der Waals surface area (Å²) < 4.78 is 12.8. The molecule has 2 N–H and O–H groups in total. The molecule has 6 aromatic rings. The van der Waals surface area contributed by atoms with Crippen molar-refractivity contribution in [2.24, 2.45) is 42.3 Å². The zero-order chi connectivity index (χ0) is 33.8. The van der Waals surface area contributed by atoms with E-state index in [1.807, 2.05) is 47.5 Å². The van der Waals surface area contributed by atoms with Crippen LogP contribution < -0.4 is 10.6 Å². The second-order valence-corrected chi connectivity index (χ2v) is 12.9. The number of aromatic nitrogens is 6. The van der Waals surface area contributed by atoms with Crippen LogP contribution in [0.15, 0.2) is 83.9 Å². The number of rotatable bonds is 6. The molecular weight excluding hydrogens is 600 g/mol. The van der Waals surface area contributed by atoms with Crippen LogP contribution in [0.3, 0.4) is 0 Å². The van der Waals surface area contributed by atoms with Gasteiger partial charge in [0.1, 0.15) is 0 Å². The van der Waals surface area contributed by atoms with Gasteiger partial charge in [0.25, 0.3) is 11.8 Å². The van der Waals surface area contributed by atoms with Gasteiger partial charge in [0.05, 0.1) is 79.5 Å². The first kappa shape index (κ1) is 29.5. The Balaban J connectivity index is 1.17. The quantitative estimate of drug-likeness (QED) is 0.257. The number of carbonyl (C=O) groups excluding carboxylic acids is 2. The van der Waals surface area contributed by atoms with Gasteiger partial charge in [0, 0.05) is 53.7 Å². The van der Waals surface area contributed by atoms with Gasteiger partial charge in [0.15, 0.2) is 0 Å². The van der Waals surface area contributed by atoms with Crippen molar-refractivity contribution in [3.05, 3.63) is 107 Å². The van der Waals surface area contributed by atoms with Crippen molar-refractivity contribution in [1.29, 1.82) is 0 Å². The lowest BCUT2D eigenvalue weighted by Gasteiger charge is -2.13. The molecule has 10 nitrogen and oxygen atoms in total. The number of amides is 2. The zero-order valence-electron chi connectivity index (χ0n) is 28.4. The van der Waals surface area contributed by atoms with E-state index in [0.29, 0.717) is 22.5 Å². The van der Waals surface area contributed by atoms with Gasteiger partial charge < -0.3 is 38.0 Å². The second kappa shape index (κ2) is 10.3. The minimum Gasteiger partial charge on any atom is -0.347 e. The highest BCUT2D eigenvalue weighted by Gasteiger charge is 2.42. The highest BCUT2D eigenvalue weighted by Crippen LogP contribution is 2.40. The third-order valence-corrected chi connectivity index (χ3v) is 10.5. The first-order valence-corrected chi connectivity index (χ1v) is 16.0. The summed E-state index contributed by atoms with van der Waals surface area (Å²) in [6.07, 6.45) is 0. The molecule has 0 unspecified atom stereocenters. The molecule has 242 valence electrons. The molecule has 2 aliphatic rings. The second-order valence-electron chi connectivity index (χ2n) is 12.9. The van der Waals surface area contributed by atoms with Crippen LogP contribution >= 0.6 is 0 Å². The molecule has 2 amide bonds. The molecule has 0 atom stereocenters. The topological polar surface area (TPSA) is 87.8 Å². The van der Waals surface area contributed by atoms with Crippen molar-refractivity contribution in [2.45, 2.75) is 13.8 Å². The molecule has 48 heavy (non-hydrogen) atoms. The molecule has 0 bridgehead atoms. The average molecular weight is 639 g/mol. The molecule has 0 aromatic carbocycles. The fourth-order valence-corrected chi connectivity index (χ4v) is 7.40. The smallest absolute Gasteiger partial charge is 0.258 e. The lowest BCUT2D eigenvalue weighted by Crippen LogP contribution is -2.23. The maximum atomic E-state index is 13.6. The summed E-state index contributed by atoms with van der Waals surface area (Å²) in [5.74, 6) is -0.585. The van der Waals surface area contributed by atoms with E-state index in [9.17, 15) is 9.59 Å². The summed E-state index contributed by atoms with van der Waals surface area (Å²) in [5.41, 5.74) is 14.2. The number of fused-ring (bicyclic) bond motifs is 1. The zero-order valence-corrected chi connectivity index (χ0v) is 28.4. The van der Waals surface area contributed by atoms with Crippen molar-refractivity contribution in [3.63, 3.8) is 0 Å². The van der Waals surface area contributed by atoms with Gasteiger partial charge in [0.2, 0.25) is 0 Å². The standard InChI is InChI=1S/C38H38N8O2/c1-21-9-11-23(41(21)3)25-13-15-27(43(25)5)29-17-19-31(45(29)7)35-33-34(38(48)39-35)36(40-37(33)47)32-20-18-30(46(32)8)28-16-14-26(44(28)6)24-12-10-22(2)42(24)4/h9-20H,1-8H3,(H,39,48)(H,40,47). The molecule has 2 aliphatic heterocycles. The maximum Gasteiger partial charge on any atom is 0.258 e. The van der Waals surface area contributed by atoms with Crippen molar-refractivity contribution in [1.82, 2.24) is 38.0 Å². The molecule has 0 radical (unpaired) electrons. The Labute approximate surface area is 278 Å². The van der Waals surface area contributed by atoms with Gasteiger partial charge >= 0.3 is 0 Å². The van der Waals surface area contributed by atoms with Gasteiger partial charge in [-0.1, -0.05) is 0 Å². The summed E-state index contributed by atoms with van der Waals surface area (Å²) in [5, 5.41) is 6.07. The van der Waals surface area contributed by atoms with Gasteiger partial charge in [-0.25, -0.2) is 0 Å². The lowest BCUT2D eigenvalue weighted by atomic mass is 10.1. The first-order valence-electron chi connectivity index (χ1n) is 16.0. The van der Waals surface area contributed by atoms with Crippen LogP contribution in [0.4, 0.5) is 0 Å². The Bertz CT molecular complexity index is 2250. The third-order valence-electron chi connectivity index (χ3n) is 10.5. The summed E-state index contributed by atoms with van der Waals surface area (Å²) in [7, 11) is 12.2. The van der Waals surface area contributed by atoms with Gasteiger partial charge in [-0.15, -0.1) is 0 Å². The van der Waals surface area contributed by atoms with Crippen LogP contribution in [0, 0.1) is 13.8 Å². The molecule has 8 heterocycles. The van der Waals surface area contributed by atoms with Crippen LogP contribution in [0.25, 0.3) is 56.9 Å². The third kappa shape index (κ3) is 3.98. The van der Waals surface area contributed by atoms with E-state index in [0.717, 1.165) is 56.9 Å². The van der Waals surface area contributed by atoms with E-state index in [4.69, 9.17) is 0 Å². The van der Waals surface area contributed by atoms with Crippen molar-refractivity contribution < 1.29 is 9.59 Å². The Morgan fingerprint density at radius 3 is 0.854 bits per heavy atom. The number of carbonyl (C=O) groups is 2. The average Bonchev–Trinajstić information content (AvgIpc) is 3.93. The largest absolute Gasteiger partial charge is 0.347 e. The van der Waals surface area contributed by atoms with Crippen molar-refractivity contribution >= 4 is 23.2 Å². The number of hydrogen-bond donors (Lipinski definition) is 2. The number of hydrogen-bond acceptors (Lipinski definition) is 2. The minimum atomic E-state index is -0.292. The number of nitrogens with zero attached hydrogens (tertiary/aromatic N) is 6. The van der Waals surface area contributed by atoms with Gasteiger partial charge in [-0.05, 0) is 86.6 Å². The predicted octanol–water partition coefficient (Wildman–Crippen LogP) is 5.38. The highest BCUT2D eigenvalue weighted by molar-refractivity contribution is 6.30. The molecule has 6 aromatic heterocycles. The van der Waals surface area contributed by atoms with E-state index in [1.165, 1.54) is 11.4 Å². The fourth-order valence-electron chi connectivity index (χ4n) is 7.40. The van der Waals surface area contributed by atoms with E-state index in [2.05, 4.69) is 119 Å². The Morgan fingerprint density at radius 2 is 0.583 bits per heavy atom. The Morgan fingerprint density at radius 1 is 0.354 bits per heavy atom. The van der Waals surface area contributed by atoms with E-state index < -0.39 is 0 Å². The summed E-state index contributed by atoms with van der Waals surface area (Å²) >= 11 is 0. The van der Waals surface area contributed by atoms with Crippen molar-refractivity contribution in [3.8, 4) is 45.6 Å². The molecule has 0 saturated heterocycles. The Hall–Kier alpha value is -5.90. The van der Waals surface area contributed by atoms with E-state index in [1.54, 1.807) is 0 Å². The molecule has 0 aliphatic carbocycles. The fraction of sp³-hybridized carbons (Fsp3) is 0.211. The van der Waals surface area contributed by atoms with Crippen LogP contribution in [-0.4, -0.2) is 39.2 Å². The molecule has 8 rings (SSSR count). The number of aryl methyl sites for hydroxylation is 2. The van der Waals surface area contributed by atoms with Crippen molar-refractivity contribution in [2.75, 3.05) is 0 Å². The summed E-state index contributed by atoms with van der Waals surface area (Å²) in [6.45, 7) is 4.19. The van der Waals surface area contributed by atoms with Crippen LogP contribution in [0.2, 0.25) is 0 Å². The van der Waals surface area contributed by atoms with Gasteiger partial charge in [-0.3, -0.25) is 9.59 Å². The molecule has 0 spiro atoms. The Kier molecular flexibility index (Phi) is 6.33. The summed E-state index contributed by atoms with van der Waals surface area (Å²) in [6, 6.07) is 25.0. The van der Waals surface area contributed by atoms with Crippen LogP contribution in [-0.2, 0) is 51.9 Å².